The molecule has 4 nitrogen and oxygen atoms in total. The predicted molar refractivity (Wildman–Crippen MR) is 125 cm³/mol. The quantitative estimate of drug-likeness (QED) is 0.335. The third-order valence-electron chi connectivity index (χ3n) is 5.14. The van der Waals surface area contributed by atoms with Gasteiger partial charge < -0.3 is 10.1 Å². The lowest BCUT2D eigenvalue weighted by atomic mass is 9.97. The van der Waals surface area contributed by atoms with Gasteiger partial charge in [0, 0.05) is 29.6 Å². The van der Waals surface area contributed by atoms with Gasteiger partial charge in [0.05, 0.1) is 12.2 Å². The van der Waals surface area contributed by atoms with Crippen molar-refractivity contribution in [3.05, 3.63) is 114 Å². The van der Waals surface area contributed by atoms with Crippen molar-refractivity contribution in [1.82, 2.24) is 4.98 Å². The van der Waals surface area contributed by atoms with Crippen LogP contribution in [-0.2, 0) is 12.6 Å². The zero-order valence-electron chi connectivity index (χ0n) is 18.0. The molecule has 4 rings (SSSR count). The van der Waals surface area contributed by atoms with Crippen molar-refractivity contribution in [1.29, 1.82) is 0 Å². The summed E-state index contributed by atoms with van der Waals surface area (Å²) in [5, 5.41) is 2.80. The third kappa shape index (κ3) is 5.81. The molecule has 172 valence electrons. The Morgan fingerprint density at radius 3 is 2.38 bits per heavy atom. The summed E-state index contributed by atoms with van der Waals surface area (Å²) in [5.41, 5.74) is 1.72. The Hall–Kier alpha value is -4.13. The Kier molecular flexibility index (Phi) is 6.92. The minimum Gasteiger partial charge on any atom is -0.493 e. The molecular formula is C27H21F3N2O2. The number of carbonyl (C=O) groups excluding carboxylic acids is 1. The molecule has 0 bridgehead atoms. The van der Waals surface area contributed by atoms with Crippen molar-refractivity contribution < 1.29 is 22.7 Å². The summed E-state index contributed by atoms with van der Waals surface area (Å²) < 4.78 is 45.1. The molecule has 1 aromatic heterocycles. The largest absolute Gasteiger partial charge is 0.493 e. The number of alkyl halides is 3. The van der Waals surface area contributed by atoms with E-state index in [9.17, 15) is 18.0 Å². The van der Waals surface area contributed by atoms with Crippen LogP contribution in [0.2, 0.25) is 0 Å². The fourth-order valence-corrected chi connectivity index (χ4v) is 3.45. The molecule has 0 atom stereocenters. The lowest BCUT2D eigenvalue weighted by molar-refractivity contribution is -0.137. The number of aromatic nitrogens is 1. The number of pyridine rings is 1. The maximum Gasteiger partial charge on any atom is 0.416 e. The van der Waals surface area contributed by atoms with Gasteiger partial charge in [-0.3, -0.25) is 9.78 Å². The molecule has 0 spiro atoms. The first kappa shape index (κ1) is 23.0. The fourth-order valence-electron chi connectivity index (χ4n) is 3.45. The van der Waals surface area contributed by atoms with Crippen LogP contribution >= 0.6 is 0 Å². The number of rotatable bonds is 7. The molecule has 1 heterocycles. The van der Waals surface area contributed by atoms with E-state index in [1.165, 1.54) is 6.07 Å². The molecule has 0 aliphatic heterocycles. The predicted octanol–water partition coefficient (Wildman–Crippen LogP) is 6.64. The summed E-state index contributed by atoms with van der Waals surface area (Å²) in [6.45, 7) is 0.465. The highest BCUT2D eigenvalue weighted by atomic mass is 19.4. The normalized spacial score (nSPS) is 11.1. The average Bonchev–Trinajstić information content (AvgIpc) is 2.85. The van der Waals surface area contributed by atoms with E-state index in [0.717, 1.165) is 17.8 Å². The van der Waals surface area contributed by atoms with Crippen molar-refractivity contribution in [2.45, 2.75) is 12.6 Å². The lowest BCUT2D eigenvalue weighted by Gasteiger charge is -2.13. The number of benzene rings is 3. The Labute approximate surface area is 195 Å². The number of ether oxygens (including phenoxy) is 1. The molecule has 0 aliphatic carbocycles. The van der Waals surface area contributed by atoms with Crippen LogP contribution in [0.1, 0.15) is 21.6 Å². The second-order valence-corrected chi connectivity index (χ2v) is 7.52. The van der Waals surface area contributed by atoms with Gasteiger partial charge in [0.2, 0.25) is 0 Å². The molecule has 7 heteroatoms. The van der Waals surface area contributed by atoms with Crippen molar-refractivity contribution in [3.8, 4) is 16.9 Å². The number of hydrogen-bond donors (Lipinski definition) is 1. The maximum absolute atomic E-state index is 13.1. The second kappa shape index (κ2) is 10.2. The summed E-state index contributed by atoms with van der Waals surface area (Å²) in [7, 11) is 0. The molecule has 0 saturated carbocycles. The van der Waals surface area contributed by atoms with Gasteiger partial charge in [-0.1, -0.05) is 36.4 Å². The first-order valence-electron chi connectivity index (χ1n) is 10.6. The van der Waals surface area contributed by atoms with Crippen LogP contribution in [0.3, 0.4) is 0 Å². The topological polar surface area (TPSA) is 51.2 Å². The summed E-state index contributed by atoms with van der Waals surface area (Å²) in [6.07, 6.45) is -2.06. The molecule has 3 aromatic carbocycles. The number of nitrogens with zero attached hydrogens (tertiary/aromatic N) is 1. The summed E-state index contributed by atoms with van der Waals surface area (Å²) in [4.78, 5) is 17.2. The summed E-state index contributed by atoms with van der Waals surface area (Å²) in [5.74, 6) is 0.232. The van der Waals surface area contributed by atoms with E-state index in [1.807, 2.05) is 18.2 Å². The number of carbonyl (C=O) groups is 1. The van der Waals surface area contributed by atoms with Crippen LogP contribution in [0.4, 0.5) is 18.9 Å². The van der Waals surface area contributed by atoms with Crippen LogP contribution in [0.15, 0.2) is 97.2 Å². The number of anilines is 1. The molecule has 0 unspecified atom stereocenters. The van der Waals surface area contributed by atoms with Gasteiger partial charge in [0.25, 0.3) is 5.91 Å². The molecule has 4 aromatic rings. The van der Waals surface area contributed by atoms with Crippen molar-refractivity contribution in [2.75, 3.05) is 11.9 Å². The first-order valence-corrected chi connectivity index (χ1v) is 10.6. The van der Waals surface area contributed by atoms with Crippen LogP contribution in [-0.4, -0.2) is 17.5 Å². The van der Waals surface area contributed by atoms with Gasteiger partial charge in [-0.05, 0) is 65.7 Å². The van der Waals surface area contributed by atoms with E-state index in [-0.39, 0.29) is 5.56 Å². The maximum atomic E-state index is 13.1. The van der Waals surface area contributed by atoms with Crippen LogP contribution in [0, 0.1) is 0 Å². The van der Waals surface area contributed by atoms with E-state index in [2.05, 4.69) is 10.3 Å². The lowest BCUT2D eigenvalue weighted by Crippen LogP contribution is -2.13. The molecule has 0 saturated heterocycles. The Bertz CT molecular complexity index is 1260. The van der Waals surface area contributed by atoms with Crippen molar-refractivity contribution >= 4 is 11.6 Å². The van der Waals surface area contributed by atoms with Crippen LogP contribution in [0.5, 0.6) is 5.75 Å². The molecule has 0 radical (unpaired) electrons. The highest BCUT2D eigenvalue weighted by Crippen LogP contribution is 2.33. The van der Waals surface area contributed by atoms with Crippen molar-refractivity contribution in [3.63, 3.8) is 0 Å². The van der Waals surface area contributed by atoms with E-state index < -0.39 is 17.6 Å². The van der Waals surface area contributed by atoms with E-state index in [4.69, 9.17) is 4.74 Å². The smallest absolute Gasteiger partial charge is 0.416 e. The molecule has 1 N–H and O–H groups in total. The highest BCUT2D eigenvalue weighted by molar-refractivity contribution is 6.08. The molecule has 1 amide bonds. The first-order chi connectivity index (χ1) is 16.4. The molecule has 0 aliphatic rings. The Balaban J connectivity index is 1.43. The van der Waals surface area contributed by atoms with Crippen molar-refractivity contribution in [2.24, 2.45) is 0 Å². The van der Waals surface area contributed by atoms with E-state index >= 15 is 0 Å². The highest BCUT2D eigenvalue weighted by Gasteiger charge is 2.30. The number of hydrogen-bond acceptors (Lipinski definition) is 3. The minimum atomic E-state index is -4.46. The molecule has 0 fully saturated rings. The van der Waals surface area contributed by atoms with E-state index in [1.54, 1.807) is 60.8 Å². The van der Waals surface area contributed by atoms with Gasteiger partial charge in [-0.2, -0.15) is 13.2 Å². The molecule has 34 heavy (non-hydrogen) atoms. The third-order valence-corrected chi connectivity index (χ3v) is 5.14. The molecular weight excluding hydrogens is 441 g/mol. The SMILES string of the molecule is O=C(Nc1ccc(OCCc2ccccn2)cc1)c1ccccc1-c1cccc(C(F)(F)F)c1. The zero-order chi connectivity index (χ0) is 24.0. The van der Waals surface area contributed by atoms with E-state index in [0.29, 0.717) is 35.6 Å². The average molecular weight is 462 g/mol. The Morgan fingerprint density at radius 2 is 1.65 bits per heavy atom. The van der Waals surface area contributed by atoms with Gasteiger partial charge in [-0.15, -0.1) is 0 Å². The fraction of sp³-hybridized carbons (Fsp3) is 0.111. The van der Waals surface area contributed by atoms with Crippen LogP contribution < -0.4 is 10.1 Å². The summed E-state index contributed by atoms with van der Waals surface area (Å²) in [6, 6.07) is 24.1. The Morgan fingerprint density at radius 1 is 0.882 bits per heavy atom. The number of halogens is 3. The van der Waals surface area contributed by atoms with Gasteiger partial charge >= 0.3 is 6.18 Å². The van der Waals surface area contributed by atoms with Gasteiger partial charge in [-0.25, -0.2) is 0 Å². The second-order valence-electron chi connectivity index (χ2n) is 7.52. The summed E-state index contributed by atoms with van der Waals surface area (Å²) >= 11 is 0. The van der Waals surface area contributed by atoms with Gasteiger partial charge in [0.15, 0.2) is 0 Å². The number of amides is 1. The van der Waals surface area contributed by atoms with Gasteiger partial charge in [0.1, 0.15) is 5.75 Å². The zero-order valence-corrected chi connectivity index (χ0v) is 18.0. The standard InChI is InChI=1S/C27H21F3N2O2/c28-27(29,30)20-7-5-6-19(18-20)24-9-1-2-10-25(24)26(33)32-22-11-13-23(14-12-22)34-17-15-21-8-3-4-16-31-21/h1-14,16,18H,15,17H2,(H,32,33). The monoisotopic (exact) mass is 462 g/mol. The number of nitrogens with one attached hydrogen (secondary N) is 1. The minimum absolute atomic E-state index is 0.275. The van der Waals surface area contributed by atoms with Crippen LogP contribution in [0.25, 0.3) is 11.1 Å².